The van der Waals surface area contributed by atoms with Crippen LogP contribution >= 0.6 is 11.8 Å². The summed E-state index contributed by atoms with van der Waals surface area (Å²) in [6.07, 6.45) is 3.83. The number of ketones is 3. The van der Waals surface area contributed by atoms with E-state index in [9.17, 15) is 53.1 Å². The molecule has 11 atom stereocenters. The molecule has 0 aliphatic carbocycles. The molecule has 21 heteroatoms. The maximum Gasteiger partial charge on any atom is 0.410 e. The number of carboxylic acid groups (broad SMARTS) is 1. The molecule has 4 rings (SSSR count). The highest BCUT2D eigenvalue weighted by molar-refractivity contribution is 8.00. The van der Waals surface area contributed by atoms with Gasteiger partial charge in [0.25, 0.3) is 0 Å². The van der Waals surface area contributed by atoms with E-state index in [0.29, 0.717) is 62.9 Å². The Balaban J connectivity index is 1.31. The Kier molecular flexibility index (Phi) is 32.2. The molecule has 0 aromatic heterocycles. The van der Waals surface area contributed by atoms with Crippen molar-refractivity contribution in [3.63, 3.8) is 0 Å². The van der Waals surface area contributed by atoms with Crippen LogP contribution < -0.4 is 10.6 Å². The Hall–Kier alpha value is -6.19. The predicted octanol–water partition coefficient (Wildman–Crippen LogP) is 9.68. The number of carbonyl (C=O) groups is 10. The number of Topliss-reactive ketones (excluding diaryl/α,β-unsaturated/α-hetero) is 3. The number of imide groups is 1. The Morgan fingerprint density at radius 1 is 0.756 bits per heavy atom. The minimum absolute atomic E-state index is 0.0471. The topological polar surface area (TPSA) is 256 Å². The van der Waals surface area contributed by atoms with Gasteiger partial charge in [0.1, 0.15) is 12.4 Å². The molecule has 2 fully saturated rings. The molecule has 6 amide bonds. The number of carboxylic acids is 1. The van der Waals surface area contributed by atoms with E-state index >= 15 is 0 Å². The van der Waals surface area contributed by atoms with Crippen molar-refractivity contribution in [1.29, 1.82) is 0 Å². The van der Waals surface area contributed by atoms with Gasteiger partial charge in [-0.1, -0.05) is 131 Å². The normalized spacial score (nSPS) is 18.1. The Morgan fingerprint density at radius 2 is 1.43 bits per heavy atom. The highest BCUT2D eigenvalue weighted by Crippen LogP contribution is 2.33. The standard InChI is InChI=1S/C69H106N6O14S/c1-15-17-35-90-58-40-61(81)75(67(58)83)33-23-19-22-28-59(79)71-62(44(5)6)56(78)41-70-51-31-29-49(30-32-51)42-89-69(86)73(12)63(45(7)8)55(77)38-52(43(3)4)66(82)72(11)64(46(9)16-2)57(87-13)39-60(80)74-34-24-27-53(74)65(88-14)47(10)54(76)37-50(68(84)85)36-48-25-20-18-21-26-48/h18,20-21,25-26,29-32,43-47,50,52-53,57-58,62-65,70H,15-17,19,22-24,27-28,33-42H2,1-14H3,(H,71,79)(H,84,85)/t46-,47-,50+,52?,53-,57+,58?,62-,63-,64-,65+/m0/s1. The number of nitrogens with zero attached hydrogens (tertiary/aromatic N) is 4. The molecule has 20 nitrogen and oxygen atoms in total. The molecule has 2 heterocycles. The van der Waals surface area contributed by atoms with Gasteiger partial charge in [-0.05, 0) is 91.2 Å². The summed E-state index contributed by atoms with van der Waals surface area (Å²) in [6, 6.07) is 13.5. The van der Waals surface area contributed by atoms with Gasteiger partial charge < -0.3 is 44.7 Å². The number of anilines is 1. The van der Waals surface area contributed by atoms with Gasteiger partial charge in [-0.3, -0.25) is 48.1 Å². The summed E-state index contributed by atoms with van der Waals surface area (Å²) in [4.78, 5) is 141. The molecule has 2 aromatic rings. The molecule has 0 radical (unpaired) electrons. The maximum atomic E-state index is 14.8. The average molecular weight is 1280 g/mol. The number of hydrogen-bond acceptors (Lipinski definition) is 15. The van der Waals surface area contributed by atoms with E-state index in [0.717, 1.165) is 24.2 Å². The van der Waals surface area contributed by atoms with Crippen LogP contribution in [0.3, 0.4) is 0 Å². The fourth-order valence-electron chi connectivity index (χ4n) is 12.5. The van der Waals surface area contributed by atoms with E-state index < -0.39 is 66.2 Å². The highest BCUT2D eigenvalue weighted by Gasteiger charge is 2.44. The van der Waals surface area contributed by atoms with Crippen LogP contribution in [0.4, 0.5) is 10.5 Å². The van der Waals surface area contributed by atoms with Crippen LogP contribution in [0.15, 0.2) is 54.6 Å². The first-order valence-electron chi connectivity index (χ1n) is 32.6. The zero-order chi connectivity index (χ0) is 66.9. The van der Waals surface area contributed by atoms with Crippen LogP contribution in [-0.2, 0) is 70.4 Å². The van der Waals surface area contributed by atoms with Crippen LogP contribution in [0.2, 0.25) is 0 Å². The first-order valence-corrected chi connectivity index (χ1v) is 33.7. The van der Waals surface area contributed by atoms with Gasteiger partial charge in [-0.25, -0.2) is 4.79 Å². The van der Waals surface area contributed by atoms with Gasteiger partial charge in [0, 0.05) is 84.6 Å². The zero-order valence-corrected chi connectivity index (χ0v) is 57.0. The van der Waals surface area contributed by atoms with Gasteiger partial charge in [0.05, 0.1) is 60.5 Å². The molecule has 90 heavy (non-hydrogen) atoms. The lowest BCUT2D eigenvalue weighted by atomic mass is 9.83. The van der Waals surface area contributed by atoms with Crippen LogP contribution in [0.5, 0.6) is 0 Å². The number of methoxy groups -OCH3 is 2. The second-order valence-electron chi connectivity index (χ2n) is 25.8. The lowest BCUT2D eigenvalue weighted by Gasteiger charge is -2.41. The number of carbonyl (C=O) groups excluding carboxylic acids is 9. The van der Waals surface area contributed by atoms with E-state index in [4.69, 9.17) is 14.2 Å². The third kappa shape index (κ3) is 22.3. The molecule has 2 saturated heterocycles. The van der Waals surface area contributed by atoms with Gasteiger partial charge >= 0.3 is 12.1 Å². The van der Waals surface area contributed by atoms with Crippen molar-refractivity contribution in [2.45, 2.75) is 207 Å². The van der Waals surface area contributed by atoms with E-state index in [-0.39, 0.29) is 127 Å². The third-order valence-electron chi connectivity index (χ3n) is 18.1. The summed E-state index contributed by atoms with van der Waals surface area (Å²) >= 11 is 1.55. The van der Waals surface area contributed by atoms with Gasteiger partial charge in [0.15, 0.2) is 11.6 Å². The summed E-state index contributed by atoms with van der Waals surface area (Å²) in [5.74, 6) is -5.34. The molecule has 2 aromatic carbocycles. The Morgan fingerprint density at radius 3 is 2.02 bits per heavy atom. The molecule has 0 spiro atoms. The largest absolute Gasteiger partial charge is 0.481 e. The van der Waals surface area contributed by atoms with Crippen molar-refractivity contribution >= 4 is 76.4 Å². The Bertz CT molecular complexity index is 2670. The number of hydrogen-bond donors (Lipinski definition) is 3. The average Bonchev–Trinajstić information content (AvgIpc) is 1.56. The van der Waals surface area contributed by atoms with Crippen LogP contribution in [0, 0.1) is 41.4 Å². The quantitative estimate of drug-likeness (QED) is 0.0413. The molecule has 0 bridgehead atoms. The highest BCUT2D eigenvalue weighted by atomic mass is 32.2. The lowest BCUT2D eigenvalue weighted by Crippen LogP contribution is -2.54. The number of unbranched alkanes of at least 4 members (excludes halogenated alkanes) is 3. The molecule has 502 valence electrons. The fraction of sp³-hybridized carbons (Fsp3) is 0.681. The summed E-state index contributed by atoms with van der Waals surface area (Å²) < 4.78 is 17.8. The maximum absolute atomic E-state index is 14.8. The smallest absolute Gasteiger partial charge is 0.410 e. The molecular formula is C69H106N6O14S. The van der Waals surface area contributed by atoms with Crippen LogP contribution in [-0.4, -0.2) is 179 Å². The minimum Gasteiger partial charge on any atom is -0.481 e. The molecule has 2 aliphatic rings. The number of likely N-dealkylation sites (N-methyl/N-ethyl adjacent to an activating group) is 2. The number of amides is 6. The van der Waals surface area contributed by atoms with Gasteiger partial charge in [0.2, 0.25) is 29.5 Å². The lowest BCUT2D eigenvalue weighted by molar-refractivity contribution is -0.149. The van der Waals surface area contributed by atoms with E-state index in [2.05, 4.69) is 17.6 Å². The summed E-state index contributed by atoms with van der Waals surface area (Å²) in [5, 5.41) is 15.8. The van der Waals surface area contributed by atoms with Gasteiger partial charge in [-0.2, -0.15) is 0 Å². The van der Waals surface area contributed by atoms with E-state index in [1.165, 1.54) is 31.1 Å². The molecule has 0 saturated carbocycles. The predicted molar refractivity (Wildman–Crippen MR) is 349 cm³/mol. The van der Waals surface area contributed by atoms with Crippen molar-refractivity contribution in [2.24, 2.45) is 41.4 Å². The summed E-state index contributed by atoms with van der Waals surface area (Å²) in [6.45, 7) is 19.6. The third-order valence-corrected chi connectivity index (χ3v) is 19.4. The monoisotopic (exact) mass is 1270 g/mol. The number of nitrogens with one attached hydrogen (secondary N) is 2. The van der Waals surface area contributed by atoms with Crippen molar-refractivity contribution in [3.8, 4) is 0 Å². The van der Waals surface area contributed by atoms with E-state index in [1.807, 2.05) is 85.7 Å². The van der Waals surface area contributed by atoms with Crippen LogP contribution in [0.1, 0.15) is 164 Å². The first kappa shape index (κ1) is 76.3. The first-order chi connectivity index (χ1) is 42.7. The molecule has 3 N–H and O–H groups in total. The number of benzene rings is 2. The van der Waals surface area contributed by atoms with Crippen molar-refractivity contribution in [3.05, 3.63) is 65.7 Å². The fourth-order valence-corrected chi connectivity index (χ4v) is 13.8. The molecule has 2 aliphatic heterocycles. The second-order valence-corrected chi connectivity index (χ2v) is 27.1. The zero-order valence-electron chi connectivity index (χ0n) is 56.2. The van der Waals surface area contributed by atoms with Crippen molar-refractivity contribution in [2.75, 3.05) is 59.0 Å². The number of thioether (sulfide) groups is 1. The second kappa shape index (κ2) is 38.0. The number of ether oxygens (including phenoxy) is 3. The van der Waals surface area contributed by atoms with Gasteiger partial charge in [-0.15, -0.1) is 11.8 Å². The van der Waals surface area contributed by atoms with Crippen molar-refractivity contribution < 1.29 is 67.3 Å². The SMILES string of the molecule is CCCCSC1CC(=O)N(CCCCCC(=O)N[C@H](C(=O)CNc2ccc(COC(=O)N(C)[C@H](C(=O)CC(C(=O)N(C)[C@@H]([C@@H](C)CC)[C@@H](CC(=O)N3CCC[C@H]3[C@H](OC)[C@@H](C)C(=O)C[C@@H](Cc3ccccc3)C(=O)O)OC)C(C)C)C(C)C)cc2)C(C)C)C1=O. The van der Waals surface area contributed by atoms with E-state index in [1.54, 1.807) is 59.8 Å². The minimum atomic E-state index is -1.06. The summed E-state index contributed by atoms with van der Waals surface area (Å²) in [7, 11) is 6.21. The number of likely N-dealkylation sites (tertiary alicyclic amines) is 2. The van der Waals surface area contributed by atoms with Crippen LogP contribution in [0.25, 0.3) is 0 Å². The Labute approximate surface area is 539 Å². The summed E-state index contributed by atoms with van der Waals surface area (Å²) in [5.41, 5.74) is 2.11. The number of aliphatic carboxylic acids is 1. The number of rotatable bonds is 41. The van der Waals surface area contributed by atoms with Crippen molar-refractivity contribution in [1.82, 2.24) is 24.9 Å². The molecule has 2 unspecified atom stereocenters. The molecular weight excluding hydrogens is 1170 g/mol.